The van der Waals surface area contributed by atoms with Crippen molar-refractivity contribution in [3.05, 3.63) is 47.4 Å². The van der Waals surface area contributed by atoms with Crippen molar-refractivity contribution >= 4 is 5.91 Å². The first-order valence-corrected chi connectivity index (χ1v) is 5.28. The standard InChI is InChI=1S/C13H13N3O/c1-8-4-3-5-15-12(8)11-6-10(13(14)17)7-16-9(11)2/h3-7H,1-2H3,(H2,14,17). The highest BCUT2D eigenvalue weighted by molar-refractivity contribution is 5.93. The summed E-state index contributed by atoms with van der Waals surface area (Å²) >= 11 is 0. The Morgan fingerprint density at radius 3 is 2.71 bits per heavy atom. The van der Waals surface area contributed by atoms with Gasteiger partial charge < -0.3 is 5.73 Å². The summed E-state index contributed by atoms with van der Waals surface area (Å²) < 4.78 is 0. The first kappa shape index (κ1) is 11.3. The Bertz CT molecular complexity index is 579. The first-order chi connectivity index (χ1) is 8.09. The lowest BCUT2D eigenvalue weighted by molar-refractivity contribution is 0.1000. The van der Waals surface area contributed by atoms with Crippen LogP contribution in [-0.4, -0.2) is 15.9 Å². The van der Waals surface area contributed by atoms with Gasteiger partial charge in [-0.3, -0.25) is 14.8 Å². The van der Waals surface area contributed by atoms with Crippen molar-refractivity contribution in [2.75, 3.05) is 0 Å². The summed E-state index contributed by atoms with van der Waals surface area (Å²) in [7, 11) is 0. The maximum absolute atomic E-state index is 11.1. The van der Waals surface area contributed by atoms with Crippen LogP contribution in [0, 0.1) is 13.8 Å². The molecule has 1 amide bonds. The minimum absolute atomic E-state index is 0.399. The molecule has 4 heteroatoms. The molecule has 2 rings (SSSR count). The molecule has 0 unspecified atom stereocenters. The topological polar surface area (TPSA) is 68.9 Å². The van der Waals surface area contributed by atoms with E-state index in [1.807, 2.05) is 26.0 Å². The summed E-state index contributed by atoms with van der Waals surface area (Å²) in [5.41, 5.74) is 9.20. The van der Waals surface area contributed by atoms with Crippen LogP contribution in [0.1, 0.15) is 21.6 Å². The normalized spacial score (nSPS) is 10.2. The van der Waals surface area contributed by atoms with Crippen molar-refractivity contribution in [1.82, 2.24) is 9.97 Å². The number of nitrogens with zero attached hydrogens (tertiary/aromatic N) is 2. The van der Waals surface area contributed by atoms with Crippen LogP contribution in [0.2, 0.25) is 0 Å². The third-order valence-corrected chi connectivity index (χ3v) is 2.64. The first-order valence-electron chi connectivity index (χ1n) is 5.28. The monoisotopic (exact) mass is 227 g/mol. The molecule has 2 aromatic rings. The minimum Gasteiger partial charge on any atom is -0.366 e. The third-order valence-electron chi connectivity index (χ3n) is 2.64. The van der Waals surface area contributed by atoms with E-state index in [-0.39, 0.29) is 0 Å². The summed E-state index contributed by atoms with van der Waals surface area (Å²) in [6.07, 6.45) is 3.21. The Hall–Kier alpha value is -2.23. The average molecular weight is 227 g/mol. The summed E-state index contributed by atoms with van der Waals surface area (Å²) in [5.74, 6) is -0.479. The van der Waals surface area contributed by atoms with Gasteiger partial charge in [-0.1, -0.05) is 6.07 Å². The van der Waals surface area contributed by atoms with Crippen molar-refractivity contribution in [3.8, 4) is 11.3 Å². The lowest BCUT2D eigenvalue weighted by Crippen LogP contribution is -2.12. The van der Waals surface area contributed by atoms with E-state index in [2.05, 4.69) is 9.97 Å². The molecule has 17 heavy (non-hydrogen) atoms. The van der Waals surface area contributed by atoms with E-state index in [1.54, 1.807) is 12.3 Å². The van der Waals surface area contributed by atoms with E-state index in [0.717, 1.165) is 22.5 Å². The Labute approximate surface area is 99.5 Å². The highest BCUT2D eigenvalue weighted by Crippen LogP contribution is 2.23. The number of primary amides is 1. The van der Waals surface area contributed by atoms with E-state index in [1.165, 1.54) is 6.20 Å². The van der Waals surface area contributed by atoms with Crippen LogP contribution in [0.15, 0.2) is 30.6 Å². The predicted molar refractivity (Wildman–Crippen MR) is 65.5 cm³/mol. The summed E-state index contributed by atoms with van der Waals surface area (Å²) in [6, 6.07) is 5.58. The van der Waals surface area contributed by atoms with Gasteiger partial charge in [0.25, 0.3) is 0 Å². The molecule has 0 spiro atoms. The van der Waals surface area contributed by atoms with Gasteiger partial charge in [0.05, 0.1) is 11.3 Å². The fourth-order valence-corrected chi connectivity index (χ4v) is 1.68. The van der Waals surface area contributed by atoms with E-state index in [0.29, 0.717) is 5.56 Å². The number of aromatic nitrogens is 2. The molecule has 0 atom stereocenters. The molecule has 86 valence electrons. The summed E-state index contributed by atoms with van der Waals surface area (Å²) in [5, 5.41) is 0. The zero-order chi connectivity index (χ0) is 12.4. The number of amides is 1. The van der Waals surface area contributed by atoms with E-state index in [9.17, 15) is 4.79 Å². The molecular formula is C13H13N3O. The summed E-state index contributed by atoms with van der Waals surface area (Å²) in [6.45, 7) is 3.85. The summed E-state index contributed by atoms with van der Waals surface area (Å²) in [4.78, 5) is 19.6. The number of hydrogen-bond donors (Lipinski definition) is 1. The van der Waals surface area contributed by atoms with Gasteiger partial charge in [-0.05, 0) is 31.5 Å². The number of carbonyl (C=O) groups is 1. The van der Waals surface area contributed by atoms with Crippen LogP contribution >= 0.6 is 0 Å². The van der Waals surface area contributed by atoms with Gasteiger partial charge in [-0.2, -0.15) is 0 Å². The van der Waals surface area contributed by atoms with Gasteiger partial charge in [0.1, 0.15) is 0 Å². The van der Waals surface area contributed by atoms with Crippen molar-refractivity contribution in [2.24, 2.45) is 5.73 Å². The molecule has 2 aromatic heterocycles. The number of hydrogen-bond acceptors (Lipinski definition) is 3. The van der Waals surface area contributed by atoms with E-state index >= 15 is 0 Å². The molecule has 0 saturated heterocycles. The quantitative estimate of drug-likeness (QED) is 0.851. The van der Waals surface area contributed by atoms with Crippen LogP contribution in [0.4, 0.5) is 0 Å². The molecular weight excluding hydrogens is 214 g/mol. The molecule has 0 saturated carbocycles. The molecule has 0 aliphatic rings. The zero-order valence-corrected chi connectivity index (χ0v) is 9.77. The van der Waals surface area contributed by atoms with Crippen molar-refractivity contribution < 1.29 is 4.79 Å². The SMILES string of the molecule is Cc1cccnc1-c1cc(C(N)=O)cnc1C. The van der Waals surface area contributed by atoms with Gasteiger partial charge in [-0.25, -0.2) is 0 Å². The number of nitrogens with two attached hydrogens (primary N) is 1. The maximum atomic E-state index is 11.1. The number of rotatable bonds is 2. The van der Waals surface area contributed by atoms with Crippen molar-refractivity contribution in [1.29, 1.82) is 0 Å². The number of pyridine rings is 2. The predicted octanol–water partition coefficient (Wildman–Crippen LogP) is 1.86. The largest absolute Gasteiger partial charge is 0.366 e. The maximum Gasteiger partial charge on any atom is 0.250 e. The van der Waals surface area contributed by atoms with Gasteiger partial charge >= 0.3 is 0 Å². The molecule has 4 nitrogen and oxygen atoms in total. The van der Waals surface area contributed by atoms with Crippen LogP contribution in [0.3, 0.4) is 0 Å². The van der Waals surface area contributed by atoms with Gasteiger partial charge in [0.2, 0.25) is 5.91 Å². The second-order valence-electron chi connectivity index (χ2n) is 3.89. The van der Waals surface area contributed by atoms with Gasteiger partial charge in [-0.15, -0.1) is 0 Å². The zero-order valence-electron chi connectivity index (χ0n) is 9.77. The lowest BCUT2D eigenvalue weighted by Gasteiger charge is -2.08. The molecule has 0 aromatic carbocycles. The molecule has 0 aliphatic heterocycles. The van der Waals surface area contributed by atoms with Crippen LogP contribution in [0.5, 0.6) is 0 Å². The van der Waals surface area contributed by atoms with Gasteiger partial charge in [0, 0.05) is 23.7 Å². The molecule has 0 radical (unpaired) electrons. The Morgan fingerprint density at radius 2 is 2.06 bits per heavy atom. The van der Waals surface area contributed by atoms with E-state index < -0.39 is 5.91 Å². The highest BCUT2D eigenvalue weighted by atomic mass is 16.1. The molecule has 0 fully saturated rings. The van der Waals surface area contributed by atoms with Crippen LogP contribution < -0.4 is 5.73 Å². The lowest BCUT2D eigenvalue weighted by atomic mass is 10.0. The Balaban J connectivity index is 2.63. The van der Waals surface area contributed by atoms with Crippen molar-refractivity contribution in [2.45, 2.75) is 13.8 Å². The molecule has 0 bridgehead atoms. The molecule has 0 aliphatic carbocycles. The molecule has 2 N–H and O–H groups in total. The minimum atomic E-state index is -0.479. The second kappa shape index (κ2) is 4.33. The highest BCUT2D eigenvalue weighted by Gasteiger charge is 2.10. The van der Waals surface area contributed by atoms with Crippen LogP contribution in [0.25, 0.3) is 11.3 Å². The third kappa shape index (κ3) is 2.15. The molecule has 2 heterocycles. The fourth-order valence-electron chi connectivity index (χ4n) is 1.68. The smallest absolute Gasteiger partial charge is 0.250 e. The number of carbonyl (C=O) groups excluding carboxylic acids is 1. The second-order valence-corrected chi connectivity index (χ2v) is 3.89. The van der Waals surface area contributed by atoms with E-state index in [4.69, 9.17) is 5.73 Å². The van der Waals surface area contributed by atoms with Crippen LogP contribution in [-0.2, 0) is 0 Å². The average Bonchev–Trinajstić information content (AvgIpc) is 2.30. The number of aryl methyl sites for hydroxylation is 2. The van der Waals surface area contributed by atoms with Gasteiger partial charge in [0.15, 0.2) is 0 Å². The fraction of sp³-hybridized carbons (Fsp3) is 0.154. The Morgan fingerprint density at radius 1 is 1.29 bits per heavy atom. The Kier molecular flexibility index (Phi) is 2.87. The van der Waals surface area contributed by atoms with Crippen molar-refractivity contribution in [3.63, 3.8) is 0 Å².